The van der Waals surface area contributed by atoms with Crippen LogP contribution in [0.2, 0.25) is 0 Å². The van der Waals surface area contributed by atoms with E-state index >= 15 is 0 Å². The highest BCUT2D eigenvalue weighted by molar-refractivity contribution is 5.93. The van der Waals surface area contributed by atoms with Gasteiger partial charge in [-0.3, -0.25) is 9.69 Å². The van der Waals surface area contributed by atoms with Gasteiger partial charge in [0.2, 0.25) is 5.91 Å². The third kappa shape index (κ3) is 5.87. The molecule has 2 aromatic carbocycles. The van der Waals surface area contributed by atoms with Crippen molar-refractivity contribution in [3.63, 3.8) is 0 Å². The van der Waals surface area contributed by atoms with Crippen molar-refractivity contribution in [1.29, 1.82) is 0 Å². The van der Waals surface area contributed by atoms with Crippen LogP contribution in [0, 0.1) is 20.8 Å². The fourth-order valence-electron chi connectivity index (χ4n) is 4.18. The van der Waals surface area contributed by atoms with E-state index in [1.807, 2.05) is 48.9 Å². The van der Waals surface area contributed by atoms with Gasteiger partial charge in [-0.25, -0.2) is 4.68 Å². The molecule has 7 heteroatoms. The molecule has 1 unspecified atom stereocenters. The molecule has 0 saturated carbocycles. The lowest BCUT2D eigenvalue weighted by atomic mass is 10.1. The van der Waals surface area contributed by atoms with Crippen molar-refractivity contribution in [1.82, 2.24) is 20.0 Å². The topological polar surface area (TPSA) is 71.4 Å². The van der Waals surface area contributed by atoms with Gasteiger partial charge in [-0.05, 0) is 38.5 Å². The lowest BCUT2D eigenvalue weighted by Crippen LogP contribution is -2.43. The lowest BCUT2D eigenvalue weighted by molar-refractivity contribution is -0.115. The van der Waals surface area contributed by atoms with E-state index in [0.717, 1.165) is 55.6 Å². The normalized spacial score (nSPS) is 15.4. The van der Waals surface area contributed by atoms with Gasteiger partial charge in [0.25, 0.3) is 0 Å². The van der Waals surface area contributed by atoms with Crippen LogP contribution in [0.15, 0.2) is 54.6 Å². The van der Waals surface area contributed by atoms with E-state index in [-0.39, 0.29) is 18.5 Å². The summed E-state index contributed by atoms with van der Waals surface area (Å²) < 4.78 is 7.36. The minimum Gasteiger partial charge on any atom is -0.379 e. The first kappa shape index (κ1) is 23.2. The van der Waals surface area contributed by atoms with Gasteiger partial charge in [0.05, 0.1) is 42.5 Å². The van der Waals surface area contributed by atoms with Crippen molar-refractivity contribution in [3.8, 4) is 5.69 Å². The summed E-state index contributed by atoms with van der Waals surface area (Å²) in [7, 11) is 0. The van der Waals surface area contributed by atoms with Crippen molar-refractivity contribution in [2.45, 2.75) is 26.8 Å². The Labute approximate surface area is 195 Å². The number of amides is 1. The minimum absolute atomic E-state index is 0.0625. The summed E-state index contributed by atoms with van der Waals surface area (Å²) in [6.07, 6.45) is 0. The van der Waals surface area contributed by atoms with E-state index in [4.69, 9.17) is 4.74 Å². The molecule has 0 bridgehead atoms. The van der Waals surface area contributed by atoms with E-state index in [1.54, 1.807) is 0 Å². The largest absolute Gasteiger partial charge is 0.379 e. The van der Waals surface area contributed by atoms with Crippen LogP contribution in [0.4, 0.5) is 5.69 Å². The molecule has 1 atom stereocenters. The number of rotatable bonds is 8. The Kier molecular flexibility index (Phi) is 7.54. The van der Waals surface area contributed by atoms with Crippen LogP contribution in [0.5, 0.6) is 0 Å². The molecule has 1 amide bonds. The SMILES string of the molecule is Cc1ccc(-n2nc(C)c(NC(=O)CNC(CN3CCOCC3)c3ccccc3)c2C)cc1. The molecule has 2 heterocycles. The fourth-order valence-corrected chi connectivity index (χ4v) is 4.18. The molecular formula is C26H33N5O2. The number of nitrogens with one attached hydrogen (secondary N) is 2. The number of morpholine rings is 1. The van der Waals surface area contributed by atoms with Crippen molar-refractivity contribution < 1.29 is 9.53 Å². The number of nitrogens with zero attached hydrogens (tertiary/aromatic N) is 3. The smallest absolute Gasteiger partial charge is 0.238 e. The van der Waals surface area contributed by atoms with E-state index in [9.17, 15) is 4.79 Å². The first-order chi connectivity index (χ1) is 16.0. The van der Waals surface area contributed by atoms with E-state index < -0.39 is 0 Å². The summed E-state index contributed by atoms with van der Waals surface area (Å²) in [5.41, 5.74) is 5.84. The number of hydrogen-bond acceptors (Lipinski definition) is 5. The van der Waals surface area contributed by atoms with Crippen LogP contribution in [0.1, 0.15) is 28.6 Å². The molecule has 4 rings (SSSR count). The number of benzene rings is 2. The Morgan fingerprint density at radius 3 is 2.42 bits per heavy atom. The summed E-state index contributed by atoms with van der Waals surface area (Å²) in [5.74, 6) is -0.0763. The first-order valence-electron chi connectivity index (χ1n) is 11.5. The second-order valence-corrected chi connectivity index (χ2v) is 8.60. The van der Waals surface area contributed by atoms with E-state index in [0.29, 0.717) is 0 Å². The first-order valence-corrected chi connectivity index (χ1v) is 11.5. The van der Waals surface area contributed by atoms with Gasteiger partial charge in [0.1, 0.15) is 0 Å². The van der Waals surface area contributed by atoms with Gasteiger partial charge in [-0.15, -0.1) is 0 Å². The second-order valence-electron chi connectivity index (χ2n) is 8.60. The second kappa shape index (κ2) is 10.7. The maximum absolute atomic E-state index is 12.9. The maximum Gasteiger partial charge on any atom is 0.238 e. The molecule has 174 valence electrons. The third-order valence-corrected chi connectivity index (χ3v) is 6.09. The van der Waals surface area contributed by atoms with Gasteiger partial charge < -0.3 is 15.4 Å². The van der Waals surface area contributed by atoms with Crippen molar-refractivity contribution in [2.24, 2.45) is 0 Å². The van der Waals surface area contributed by atoms with Crippen LogP contribution in [-0.4, -0.2) is 60.0 Å². The number of anilines is 1. The predicted octanol–water partition coefficient (Wildman–Crippen LogP) is 3.40. The Bertz CT molecular complexity index is 1060. The standard InChI is InChI=1S/C26H33N5O2/c1-19-9-11-23(12-10-19)31-21(3)26(20(2)29-31)28-25(32)17-27-24(22-7-5-4-6-8-22)18-30-13-15-33-16-14-30/h4-12,24,27H,13-18H2,1-3H3,(H,28,32). The maximum atomic E-state index is 12.9. The van der Waals surface area contributed by atoms with Crippen LogP contribution in [0.3, 0.4) is 0 Å². The summed E-state index contributed by atoms with van der Waals surface area (Å²) in [4.78, 5) is 15.3. The zero-order valence-electron chi connectivity index (χ0n) is 19.7. The number of aryl methyl sites for hydroxylation is 2. The van der Waals surface area contributed by atoms with Crippen molar-refractivity contribution >= 4 is 11.6 Å². The highest BCUT2D eigenvalue weighted by Crippen LogP contribution is 2.23. The fraction of sp³-hybridized carbons (Fsp3) is 0.385. The Hall–Kier alpha value is -3.00. The van der Waals surface area contributed by atoms with Crippen molar-refractivity contribution in [2.75, 3.05) is 44.7 Å². The molecule has 1 aliphatic heterocycles. The summed E-state index contributed by atoms with van der Waals surface area (Å²) >= 11 is 0. The van der Waals surface area contributed by atoms with Gasteiger partial charge >= 0.3 is 0 Å². The zero-order valence-corrected chi connectivity index (χ0v) is 19.7. The van der Waals surface area contributed by atoms with E-state index in [2.05, 4.69) is 51.8 Å². The van der Waals surface area contributed by atoms with Crippen molar-refractivity contribution in [3.05, 3.63) is 77.1 Å². The molecule has 0 radical (unpaired) electrons. The quantitative estimate of drug-likeness (QED) is 0.554. The molecule has 3 aromatic rings. The van der Waals surface area contributed by atoms with Crippen LogP contribution in [-0.2, 0) is 9.53 Å². The third-order valence-electron chi connectivity index (χ3n) is 6.09. The van der Waals surface area contributed by atoms with E-state index in [1.165, 1.54) is 11.1 Å². The van der Waals surface area contributed by atoms with Crippen LogP contribution >= 0.6 is 0 Å². The summed E-state index contributed by atoms with van der Waals surface area (Å²) in [6.45, 7) is 10.4. The molecule has 1 aliphatic rings. The summed E-state index contributed by atoms with van der Waals surface area (Å²) in [6, 6.07) is 18.6. The average molecular weight is 448 g/mol. The van der Waals surface area contributed by atoms with Crippen LogP contribution < -0.4 is 10.6 Å². The molecule has 0 aliphatic carbocycles. The van der Waals surface area contributed by atoms with Gasteiger partial charge in [-0.2, -0.15) is 5.10 Å². The Morgan fingerprint density at radius 1 is 1.03 bits per heavy atom. The number of carbonyl (C=O) groups excluding carboxylic acids is 1. The zero-order chi connectivity index (χ0) is 23.2. The highest BCUT2D eigenvalue weighted by Gasteiger charge is 2.20. The number of carbonyl (C=O) groups is 1. The van der Waals surface area contributed by atoms with Gasteiger partial charge in [-0.1, -0.05) is 48.0 Å². The Morgan fingerprint density at radius 2 is 1.73 bits per heavy atom. The highest BCUT2D eigenvalue weighted by atomic mass is 16.5. The summed E-state index contributed by atoms with van der Waals surface area (Å²) in [5, 5.41) is 11.2. The molecule has 0 spiro atoms. The van der Waals surface area contributed by atoms with Gasteiger partial charge in [0.15, 0.2) is 0 Å². The molecular weight excluding hydrogens is 414 g/mol. The lowest BCUT2D eigenvalue weighted by Gasteiger charge is -2.31. The monoisotopic (exact) mass is 447 g/mol. The molecule has 1 aromatic heterocycles. The number of hydrogen-bond donors (Lipinski definition) is 2. The molecule has 1 saturated heterocycles. The number of ether oxygens (including phenoxy) is 1. The minimum atomic E-state index is -0.0763. The number of aromatic nitrogens is 2. The van der Waals surface area contributed by atoms with Gasteiger partial charge in [0, 0.05) is 25.7 Å². The predicted molar refractivity (Wildman–Crippen MR) is 131 cm³/mol. The Balaban J connectivity index is 1.42. The van der Waals surface area contributed by atoms with Crippen LogP contribution in [0.25, 0.3) is 5.69 Å². The molecule has 1 fully saturated rings. The molecule has 2 N–H and O–H groups in total. The molecule has 7 nitrogen and oxygen atoms in total. The molecule has 33 heavy (non-hydrogen) atoms. The average Bonchev–Trinajstić information content (AvgIpc) is 3.11.